The predicted molar refractivity (Wildman–Crippen MR) is 82.5 cm³/mol. The van der Waals surface area contributed by atoms with Crippen molar-refractivity contribution < 1.29 is 9.50 Å². The molecule has 1 aliphatic heterocycles. The van der Waals surface area contributed by atoms with Crippen molar-refractivity contribution in [2.75, 3.05) is 26.2 Å². The summed E-state index contributed by atoms with van der Waals surface area (Å²) in [6, 6.07) is 5.16. The number of rotatable bonds is 3. The molecular weight excluding hydrogens is 302 g/mol. The molecule has 1 saturated carbocycles. The highest BCUT2D eigenvalue weighted by atomic mass is 35.5. The van der Waals surface area contributed by atoms with Crippen molar-refractivity contribution in [2.45, 2.75) is 18.9 Å². The number of nitrogens with zero attached hydrogens (tertiary/aromatic N) is 1. The van der Waals surface area contributed by atoms with Crippen LogP contribution in [-0.2, 0) is 0 Å². The molecule has 0 spiro atoms. The molecule has 1 aromatic rings. The van der Waals surface area contributed by atoms with Crippen LogP contribution in [0.3, 0.4) is 0 Å². The lowest BCUT2D eigenvalue weighted by atomic mass is 9.99. The van der Waals surface area contributed by atoms with Crippen LogP contribution in [0.5, 0.6) is 5.75 Å². The van der Waals surface area contributed by atoms with Crippen LogP contribution in [-0.4, -0.2) is 36.2 Å². The third-order valence-electron chi connectivity index (χ3n) is 3.93. The standard InChI is InChI=1S/C14H19FN2O.2ClH/c15-12-9-11(3-4-13(12)18)14(10-1-2-10)17-7-5-16-6-8-17;;/h3-4,9-10,14,16,18H,1-2,5-8H2;2*1H/t14-;;/m0../s1. The minimum Gasteiger partial charge on any atom is -0.505 e. The third kappa shape index (κ3) is 3.76. The van der Waals surface area contributed by atoms with Gasteiger partial charge in [-0.05, 0) is 36.5 Å². The Morgan fingerprint density at radius 2 is 1.85 bits per heavy atom. The molecule has 20 heavy (non-hydrogen) atoms. The van der Waals surface area contributed by atoms with Crippen molar-refractivity contribution in [1.82, 2.24) is 10.2 Å². The molecule has 3 rings (SSSR count). The Morgan fingerprint density at radius 3 is 2.40 bits per heavy atom. The van der Waals surface area contributed by atoms with Gasteiger partial charge in [-0.3, -0.25) is 4.90 Å². The molecule has 2 aliphatic rings. The molecule has 0 radical (unpaired) electrons. The first-order chi connectivity index (χ1) is 8.75. The van der Waals surface area contributed by atoms with E-state index in [0.29, 0.717) is 12.0 Å². The number of hydrogen-bond donors (Lipinski definition) is 2. The van der Waals surface area contributed by atoms with Crippen LogP contribution in [0.2, 0.25) is 0 Å². The molecule has 0 amide bonds. The smallest absolute Gasteiger partial charge is 0.165 e. The topological polar surface area (TPSA) is 35.5 Å². The number of halogens is 3. The Kier molecular flexibility index (Phi) is 6.52. The third-order valence-corrected chi connectivity index (χ3v) is 3.93. The van der Waals surface area contributed by atoms with Crippen LogP contribution in [0, 0.1) is 11.7 Å². The Balaban J connectivity index is 0.000001000. The lowest BCUT2D eigenvalue weighted by molar-refractivity contribution is 0.156. The molecule has 1 saturated heterocycles. The molecule has 2 fully saturated rings. The molecule has 3 nitrogen and oxygen atoms in total. The molecule has 1 aromatic carbocycles. The van der Waals surface area contributed by atoms with Gasteiger partial charge in [0, 0.05) is 32.2 Å². The Hall–Kier alpha value is -0.550. The molecule has 0 unspecified atom stereocenters. The SMILES string of the molecule is Cl.Cl.Oc1ccc([C@H](C2CC2)N2CCNCC2)cc1F. The van der Waals surface area contributed by atoms with Gasteiger partial charge < -0.3 is 10.4 Å². The lowest BCUT2D eigenvalue weighted by Gasteiger charge is -2.35. The fourth-order valence-corrected chi connectivity index (χ4v) is 2.86. The summed E-state index contributed by atoms with van der Waals surface area (Å²) >= 11 is 0. The summed E-state index contributed by atoms with van der Waals surface area (Å²) in [6.45, 7) is 4.04. The van der Waals surface area contributed by atoms with Crippen LogP contribution >= 0.6 is 24.8 Å². The summed E-state index contributed by atoms with van der Waals surface area (Å²) in [7, 11) is 0. The van der Waals surface area contributed by atoms with Gasteiger partial charge in [-0.2, -0.15) is 0 Å². The van der Waals surface area contributed by atoms with E-state index in [2.05, 4.69) is 10.2 Å². The molecular formula is C14H21Cl2FN2O. The summed E-state index contributed by atoms with van der Waals surface area (Å²) in [5.74, 6) is -0.103. The maximum absolute atomic E-state index is 13.5. The second-order valence-corrected chi connectivity index (χ2v) is 5.28. The van der Waals surface area contributed by atoms with Gasteiger partial charge in [0.1, 0.15) is 0 Å². The van der Waals surface area contributed by atoms with Crippen molar-refractivity contribution in [3.8, 4) is 5.75 Å². The van der Waals surface area contributed by atoms with Crippen LogP contribution in [0.15, 0.2) is 18.2 Å². The summed E-state index contributed by atoms with van der Waals surface area (Å²) in [6.07, 6.45) is 2.47. The van der Waals surface area contributed by atoms with E-state index in [1.54, 1.807) is 0 Å². The van der Waals surface area contributed by atoms with Crippen molar-refractivity contribution in [3.05, 3.63) is 29.6 Å². The Bertz CT molecular complexity index is 437. The highest BCUT2D eigenvalue weighted by Gasteiger charge is 2.36. The zero-order valence-electron chi connectivity index (χ0n) is 11.2. The molecule has 114 valence electrons. The molecule has 0 bridgehead atoms. The second-order valence-electron chi connectivity index (χ2n) is 5.28. The predicted octanol–water partition coefficient (Wildman–Crippen LogP) is 2.73. The van der Waals surface area contributed by atoms with Crippen LogP contribution in [0.25, 0.3) is 0 Å². The number of nitrogens with one attached hydrogen (secondary N) is 1. The van der Waals surface area contributed by atoms with Gasteiger partial charge in [0.05, 0.1) is 0 Å². The molecule has 2 N–H and O–H groups in total. The van der Waals surface area contributed by atoms with E-state index < -0.39 is 5.82 Å². The second kappa shape index (κ2) is 7.46. The summed E-state index contributed by atoms with van der Waals surface area (Å²) in [5, 5.41) is 12.6. The average Bonchev–Trinajstić information content (AvgIpc) is 3.20. The maximum Gasteiger partial charge on any atom is 0.165 e. The summed E-state index contributed by atoms with van der Waals surface area (Å²) < 4.78 is 13.5. The van der Waals surface area contributed by atoms with Crippen molar-refractivity contribution in [3.63, 3.8) is 0 Å². The van der Waals surface area contributed by atoms with Gasteiger partial charge in [0.2, 0.25) is 0 Å². The minimum absolute atomic E-state index is 0. The number of phenolic OH excluding ortho intramolecular Hbond substituents is 1. The monoisotopic (exact) mass is 322 g/mol. The van der Waals surface area contributed by atoms with Crippen molar-refractivity contribution in [1.29, 1.82) is 0 Å². The zero-order chi connectivity index (χ0) is 12.5. The van der Waals surface area contributed by atoms with Gasteiger partial charge in [-0.25, -0.2) is 4.39 Å². The highest BCUT2D eigenvalue weighted by molar-refractivity contribution is 5.85. The number of phenols is 1. The average molecular weight is 323 g/mol. The number of benzene rings is 1. The van der Waals surface area contributed by atoms with E-state index in [0.717, 1.165) is 31.7 Å². The number of aromatic hydroxyl groups is 1. The van der Waals surface area contributed by atoms with Crippen molar-refractivity contribution >= 4 is 24.8 Å². The van der Waals surface area contributed by atoms with E-state index in [9.17, 15) is 9.50 Å². The quantitative estimate of drug-likeness (QED) is 0.898. The van der Waals surface area contributed by atoms with E-state index in [1.165, 1.54) is 25.0 Å². The van der Waals surface area contributed by atoms with E-state index in [4.69, 9.17) is 0 Å². The molecule has 0 aromatic heterocycles. The molecule has 1 heterocycles. The lowest BCUT2D eigenvalue weighted by Crippen LogP contribution is -2.45. The first-order valence-corrected chi connectivity index (χ1v) is 6.69. The first kappa shape index (κ1) is 17.5. The molecule has 6 heteroatoms. The number of piperazine rings is 1. The molecule has 1 aliphatic carbocycles. The Labute approximate surface area is 131 Å². The van der Waals surface area contributed by atoms with Crippen LogP contribution in [0.4, 0.5) is 4.39 Å². The largest absolute Gasteiger partial charge is 0.505 e. The maximum atomic E-state index is 13.5. The van der Waals surface area contributed by atoms with E-state index >= 15 is 0 Å². The van der Waals surface area contributed by atoms with Gasteiger partial charge in [-0.1, -0.05) is 6.07 Å². The normalized spacial score (nSPS) is 20.6. The van der Waals surface area contributed by atoms with Crippen LogP contribution < -0.4 is 5.32 Å². The molecule has 1 atom stereocenters. The number of hydrogen-bond acceptors (Lipinski definition) is 3. The van der Waals surface area contributed by atoms with Crippen LogP contribution in [0.1, 0.15) is 24.4 Å². The van der Waals surface area contributed by atoms with Crippen molar-refractivity contribution in [2.24, 2.45) is 5.92 Å². The highest BCUT2D eigenvalue weighted by Crippen LogP contribution is 2.45. The summed E-state index contributed by atoms with van der Waals surface area (Å²) in [5.41, 5.74) is 1.01. The minimum atomic E-state index is -0.506. The first-order valence-electron chi connectivity index (χ1n) is 6.69. The fourth-order valence-electron chi connectivity index (χ4n) is 2.86. The van der Waals surface area contributed by atoms with Gasteiger partial charge >= 0.3 is 0 Å². The fraction of sp³-hybridized carbons (Fsp3) is 0.571. The van der Waals surface area contributed by atoms with E-state index in [1.807, 2.05) is 6.07 Å². The van der Waals surface area contributed by atoms with Gasteiger partial charge in [-0.15, -0.1) is 24.8 Å². The van der Waals surface area contributed by atoms with Gasteiger partial charge in [0.15, 0.2) is 11.6 Å². The zero-order valence-corrected chi connectivity index (χ0v) is 12.9. The summed E-state index contributed by atoms with van der Waals surface area (Å²) in [4.78, 5) is 2.44. The van der Waals surface area contributed by atoms with E-state index in [-0.39, 0.29) is 30.6 Å². The Morgan fingerprint density at radius 1 is 1.20 bits per heavy atom. The van der Waals surface area contributed by atoms with Gasteiger partial charge in [0.25, 0.3) is 0 Å².